The van der Waals surface area contributed by atoms with Gasteiger partial charge in [-0.25, -0.2) is 9.67 Å². The van der Waals surface area contributed by atoms with Gasteiger partial charge in [0.15, 0.2) is 5.69 Å². The predicted molar refractivity (Wildman–Crippen MR) is 87.8 cm³/mol. The molecule has 1 fully saturated rings. The molecule has 7 nitrogen and oxygen atoms in total. The molecule has 0 aliphatic carbocycles. The molecule has 4 rings (SSSR count). The van der Waals surface area contributed by atoms with E-state index in [9.17, 15) is 4.79 Å². The second kappa shape index (κ2) is 6.27. The lowest BCUT2D eigenvalue weighted by atomic mass is 9.97. The van der Waals surface area contributed by atoms with Gasteiger partial charge in [-0.15, -0.1) is 5.10 Å². The van der Waals surface area contributed by atoms with Gasteiger partial charge in [0.2, 0.25) is 0 Å². The molecule has 0 bridgehead atoms. The minimum atomic E-state index is -0.0755. The van der Waals surface area contributed by atoms with Crippen molar-refractivity contribution in [3.63, 3.8) is 0 Å². The molecule has 0 saturated carbocycles. The van der Waals surface area contributed by atoms with Gasteiger partial charge in [0.1, 0.15) is 5.82 Å². The first kappa shape index (κ1) is 14.6. The zero-order valence-electron chi connectivity index (χ0n) is 13.2. The van der Waals surface area contributed by atoms with Crippen molar-refractivity contribution in [2.45, 2.75) is 18.8 Å². The molecule has 1 saturated heterocycles. The smallest absolute Gasteiger partial charge is 0.276 e. The van der Waals surface area contributed by atoms with Crippen LogP contribution in [-0.2, 0) is 0 Å². The van der Waals surface area contributed by atoms with Crippen LogP contribution in [0, 0.1) is 0 Å². The lowest BCUT2D eigenvalue weighted by Gasteiger charge is -2.31. The Balaban J connectivity index is 1.50. The molecule has 1 N–H and O–H groups in total. The Hall–Kier alpha value is -2.96. The third-order valence-electron chi connectivity index (χ3n) is 4.35. The zero-order chi connectivity index (χ0) is 16.4. The largest absolute Gasteiger partial charge is 0.348 e. The first-order valence-corrected chi connectivity index (χ1v) is 8.07. The molecule has 0 spiro atoms. The van der Waals surface area contributed by atoms with Gasteiger partial charge in [-0.1, -0.05) is 23.4 Å². The maximum Gasteiger partial charge on any atom is 0.276 e. The van der Waals surface area contributed by atoms with E-state index in [-0.39, 0.29) is 11.8 Å². The summed E-state index contributed by atoms with van der Waals surface area (Å²) in [6.45, 7) is 1.40. The number of H-pyrrole nitrogens is 1. The number of nitrogens with one attached hydrogen (secondary N) is 1. The maximum absolute atomic E-state index is 12.7. The fourth-order valence-corrected chi connectivity index (χ4v) is 3.12. The third-order valence-corrected chi connectivity index (χ3v) is 4.35. The predicted octanol–water partition coefficient (Wildman–Crippen LogP) is 2.01. The number of hydrogen-bond donors (Lipinski definition) is 1. The monoisotopic (exact) mass is 322 g/mol. The van der Waals surface area contributed by atoms with E-state index in [1.807, 2.05) is 41.4 Å². The minimum Gasteiger partial charge on any atom is -0.348 e. The lowest BCUT2D eigenvalue weighted by molar-refractivity contribution is 0.0698. The van der Waals surface area contributed by atoms with Gasteiger partial charge in [-0.3, -0.25) is 4.79 Å². The summed E-state index contributed by atoms with van der Waals surface area (Å²) < 4.78 is 1.63. The van der Waals surface area contributed by atoms with Gasteiger partial charge < -0.3 is 9.88 Å². The van der Waals surface area contributed by atoms with Crippen molar-refractivity contribution >= 4 is 5.91 Å². The molecule has 1 aliphatic heterocycles. The number of carbonyl (C=O) groups excluding carboxylic acids is 1. The summed E-state index contributed by atoms with van der Waals surface area (Å²) in [4.78, 5) is 22.1. The van der Waals surface area contributed by atoms with Crippen molar-refractivity contribution in [2.75, 3.05) is 13.1 Å². The van der Waals surface area contributed by atoms with E-state index in [2.05, 4.69) is 20.3 Å². The second-order valence-corrected chi connectivity index (χ2v) is 5.95. The van der Waals surface area contributed by atoms with Crippen LogP contribution in [0.1, 0.15) is 35.1 Å². The number of piperidine rings is 1. The second-order valence-electron chi connectivity index (χ2n) is 5.95. The fraction of sp³-hybridized carbons (Fsp3) is 0.294. The molecule has 24 heavy (non-hydrogen) atoms. The van der Waals surface area contributed by atoms with E-state index in [1.165, 1.54) is 0 Å². The Morgan fingerprint density at radius 1 is 1.25 bits per heavy atom. The Morgan fingerprint density at radius 3 is 2.92 bits per heavy atom. The maximum atomic E-state index is 12.7. The van der Waals surface area contributed by atoms with Crippen LogP contribution in [0.4, 0.5) is 0 Å². The number of aromatic amines is 1. The standard InChI is InChI=1S/C17H18N6O/c24-17(15-12-23(21-20-15)14-6-2-1-3-7-14)22-10-4-5-13(11-22)16-18-8-9-19-16/h1-3,6-9,12-13H,4-5,10-11H2,(H,18,19)/t13-/m1/s1. The highest BCUT2D eigenvalue weighted by molar-refractivity contribution is 5.92. The van der Waals surface area contributed by atoms with Crippen LogP contribution >= 0.6 is 0 Å². The highest BCUT2D eigenvalue weighted by Gasteiger charge is 2.28. The molecule has 3 aromatic rings. The number of nitrogens with zero attached hydrogens (tertiary/aromatic N) is 5. The molecule has 0 radical (unpaired) electrons. The molecule has 3 heterocycles. The first-order chi connectivity index (χ1) is 11.8. The van der Waals surface area contributed by atoms with Crippen molar-refractivity contribution in [1.82, 2.24) is 29.9 Å². The molecular weight excluding hydrogens is 304 g/mol. The van der Waals surface area contributed by atoms with E-state index < -0.39 is 0 Å². The number of likely N-dealkylation sites (tertiary alicyclic amines) is 1. The summed E-state index contributed by atoms with van der Waals surface area (Å²) >= 11 is 0. The van der Waals surface area contributed by atoms with Crippen molar-refractivity contribution < 1.29 is 4.79 Å². The first-order valence-electron chi connectivity index (χ1n) is 8.07. The van der Waals surface area contributed by atoms with Crippen molar-refractivity contribution in [1.29, 1.82) is 0 Å². The molecule has 1 amide bonds. The van der Waals surface area contributed by atoms with Crippen LogP contribution in [0.3, 0.4) is 0 Å². The Morgan fingerprint density at radius 2 is 2.12 bits per heavy atom. The molecule has 122 valence electrons. The van der Waals surface area contributed by atoms with Crippen molar-refractivity contribution in [2.24, 2.45) is 0 Å². The summed E-state index contributed by atoms with van der Waals surface area (Å²) in [6, 6.07) is 9.65. The molecule has 7 heteroatoms. The van der Waals surface area contributed by atoms with Crippen LogP contribution < -0.4 is 0 Å². The van der Waals surface area contributed by atoms with Gasteiger partial charge >= 0.3 is 0 Å². The molecule has 0 unspecified atom stereocenters. The van der Waals surface area contributed by atoms with Gasteiger partial charge in [0.25, 0.3) is 5.91 Å². The summed E-state index contributed by atoms with van der Waals surface area (Å²) in [5.74, 6) is 1.12. The summed E-state index contributed by atoms with van der Waals surface area (Å²) in [5.41, 5.74) is 1.26. The Bertz CT molecular complexity index is 811. The number of hydrogen-bond acceptors (Lipinski definition) is 4. The fourth-order valence-electron chi connectivity index (χ4n) is 3.12. The molecule has 2 aromatic heterocycles. The van der Waals surface area contributed by atoms with E-state index in [1.54, 1.807) is 17.1 Å². The van der Waals surface area contributed by atoms with Crippen molar-refractivity contribution in [3.8, 4) is 5.69 Å². The van der Waals surface area contributed by atoms with Crippen LogP contribution in [0.2, 0.25) is 0 Å². The molecule has 1 aliphatic rings. The van der Waals surface area contributed by atoms with E-state index in [4.69, 9.17) is 0 Å². The van der Waals surface area contributed by atoms with E-state index in [0.717, 1.165) is 30.9 Å². The average molecular weight is 322 g/mol. The molecule has 1 aromatic carbocycles. The van der Waals surface area contributed by atoms with Crippen LogP contribution in [0.5, 0.6) is 0 Å². The topological polar surface area (TPSA) is 79.7 Å². The number of amides is 1. The van der Waals surface area contributed by atoms with Gasteiger partial charge in [-0.05, 0) is 25.0 Å². The average Bonchev–Trinajstić information content (AvgIpc) is 3.34. The highest BCUT2D eigenvalue weighted by Crippen LogP contribution is 2.25. The lowest BCUT2D eigenvalue weighted by Crippen LogP contribution is -2.39. The third kappa shape index (κ3) is 2.80. The number of para-hydroxylation sites is 1. The number of benzene rings is 1. The molecule has 1 atom stereocenters. The van der Waals surface area contributed by atoms with Crippen LogP contribution in [-0.4, -0.2) is 48.9 Å². The van der Waals surface area contributed by atoms with Gasteiger partial charge in [-0.2, -0.15) is 0 Å². The van der Waals surface area contributed by atoms with Crippen LogP contribution in [0.25, 0.3) is 5.69 Å². The minimum absolute atomic E-state index is 0.0755. The Kier molecular flexibility index (Phi) is 3.82. The number of imidazole rings is 1. The number of carbonyl (C=O) groups is 1. The SMILES string of the molecule is O=C(c1cn(-c2ccccc2)nn1)N1CCC[C@@H](c2ncc[nH]2)C1. The normalized spacial score (nSPS) is 17.8. The number of rotatable bonds is 3. The van der Waals surface area contributed by atoms with Gasteiger partial charge in [0.05, 0.1) is 11.9 Å². The van der Waals surface area contributed by atoms with Gasteiger partial charge in [0, 0.05) is 31.4 Å². The van der Waals surface area contributed by atoms with Crippen molar-refractivity contribution in [3.05, 3.63) is 60.4 Å². The highest BCUT2D eigenvalue weighted by atomic mass is 16.2. The van der Waals surface area contributed by atoms with E-state index >= 15 is 0 Å². The quantitative estimate of drug-likeness (QED) is 0.800. The summed E-state index contributed by atoms with van der Waals surface area (Å²) in [6.07, 6.45) is 7.26. The number of aromatic nitrogens is 5. The summed E-state index contributed by atoms with van der Waals surface area (Å²) in [5, 5.41) is 8.13. The zero-order valence-corrected chi connectivity index (χ0v) is 13.2. The van der Waals surface area contributed by atoms with Crippen LogP contribution in [0.15, 0.2) is 48.9 Å². The Labute approximate surface area is 139 Å². The summed E-state index contributed by atoms with van der Waals surface area (Å²) in [7, 11) is 0. The molecular formula is C17H18N6O. The van der Waals surface area contributed by atoms with E-state index in [0.29, 0.717) is 12.2 Å².